The first-order valence-electron chi connectivity index (χ1n) is 6.47. The van der Waals surface area contributed by atoms with Crippen molar-refractivity contribution in [3.63, 3.8) is 0 Å². The van der Waals surface area contributed by atoms with Crippen molar-refractivity contribution >= 4 is 11.9 Å². The number of carboxylic acid groups (broad SMARTS) is 1. The highest BCUT2D eigenvalue weighted by Crippen LogP contribution is 2.16. The zero-order valence-corrected chi connectivity index (χ0v) is 10.7. The van der Waals surface area contributed by atoms with Crippen LogP contribution in [0.5, 0.6) is 0 Å². The van der Waals surface area contributed by atoms with Gasteiger partial charge in [0, 0.05) is 32.8 Å². The summed E-state index contributed by atoms with van der Waals surface area (Å²) in [6.07, 6.45) is 1.49. The minimum Gasteiger partial charge on any atom is -0.480 e. The summed E-state index contributed by atoms with van der Waals surface area (Å²) in [5.41, 5.74) is 0. The topological polar surface area (TPSA) is 70.1 Å². The van der Waals surface area contributed by atoms with E-state index in [1.807, 2.05) is 4.90 Å². The number of ether oxygens (including phenoxy) is 1. The van der Waals surface area contributed by atoms with E-state index in [1.54, 1.807) is 11.8 Å². The van der Waals surface area contributed by atoms with Gasteiger partial charge < -0.3 is 14.7 Å². The highest BCUT2D eigenvalue weighted by Gasteiger charge is 2.32. The molecule has 2 rings (SSSR count). The Morgan fingerprint density at radius 1 is 1.28 bits per heavy atom. The third-order valence-electron chi connectivity index (χ3n) is 3.74. The summed E-state index contributed by atoms with van der Waals surface area (Å²) in [4.78, 5) is 26.6. The van der Waals surface area contributed by atoms with E-state index in [-0.39, 0.29) is 12.0 Å². The summed E-state index contributed by atoms with van der Waals surface area (Å²) in [6.45, 7) is 4.77. The Morgan fingerprint density at radius 2 is 1.94 bits per heavy atom. The Bertz CT molecular complexity index is 320. The lowest BCUT2D eigenvalue weighted by Crippen LogP contribution is -2.54. The smallest absolute Gasteiger partial charge is 0.320 e. The van der Waals surface area contributed by atoms with Gasteiger partial charge in [-0.25, -0.2) is 0 Å². The van der Waals surface area contributed by atoms with Crippen molar-refractivity contribution < 1.29 is 19.4 Å². The molecule has 2 heterocycles. The van der Waals surface area contributed by atoms with E-state index in [1.165, 1.54) is 0 Å². The van der Waals surface area contributed by atoms with E-state index in [2.05, 4.69) is 0 Å². The van der Waals surface area contributed by atoms with Gasteiger partial charge >= 0.3 is 5.97 Å². The fourth-order valence-electron chi connectivity index (χ4n) is 2.46. The third-order valence-corrected chi connectivity index (χ3v) is 3.74. The molecule has 18 heavy (non-hydrogen) atoms. The van der Waals surface area contributed by atoms with Gasteiger partial charge in [-0.05, 0) is 19.8 Å². The summed E-state index contributed by atoms with van der Waals surface area (Å²) >= 11 is 0. The van der Waals surface area contributed by atoms with Crippen LogP contribution in [0.25, 0.3) is 0 Å². The Kier molecular flexibility index (Phi) is 4.19. The van der Waals surface area contributed by atoms with Crippen LogP contribution < -0.4 is 0 Å². The molecule has 0 aromatic rings. The number of piperazine rings is 1. The second-order valence-electron chi connectivity index (χ2n) is 4.88. The van der Waals surface area contributed by atoms with Gasteiger partial charge in [-0.15, -0.1) is 0 Å². The van der Waals surface area contributed by atoms with Crippen LogP contribution in [0.1, 0.15) is 19.8 Å². The molecule has 0 saturated carbocycles. The van der Waals surface area contributed by atoms with Crippen molar-refractivity contribution in [3.05, 3.63) is 0 Å². The lowest BCUT2D eigenvalue weighted by molar-refractivity contribution is -0.146. The van der Waals surface area contributed by atoms with Crippen LogP contribution in [0.3, 0.4) is 0 Å². The zero-order valence-electron chi connectivity index (χ0n) is 10.7. The standard InChI is InChI=1S/C12H20N2O4/c1-9(12(16)17)13-4-6-14(7-5-13)11(15)10-3-2-8-18-10/h9-10H,2-8H2,1H3,(H,16,17)/t9?,10-/m0/s1. The van der Waals surface area contributed by atoms with E-state index in [9.17, 15) is 9.59 Å². The minimum absolute atomic E-state index is 0.0649. The average Bonchev–Trinajstić information content (AvgIpc) is 2.91. The Hall–Kier alpha value is -1.14. The molecule has 0 aromatic carbocycles. The van der Waals surface area contributed by atoms with Crippen LogP contribution in [0, 0.1) is 0 Å². The second kappa shape index (κ2) is 5.67. The van der Waals surface area contributed by atoms with Crippen LogP contribution in [0.4, 0.5) is 0 Å². The van der Waals surface area contributed by atoms with E-state index in [4.69, 9.17) is 9.84 Å². The molecule has 0 bridgehead atoms. The highest BCUT2D eigenvalue weighted by molar-refractivity contribution is 5.81. The van der Waals surface area contributed by atoms with Gasteiger partial charge in [-0.2, -0.15) is 0 Å². The van der Waals surface area contributed by atoms with Crippen molar-refractivity contribution in [1.82, 2.24) is 9.80 Å². The first kappa shape index (κ1) is 13.3. The molecule has 0 spiro atoms. The maximum atomic E-state index is 12.1. The van der Waals surface area contributed by atoms with E-state index < -0.39 is 12.0 Å². The van der Waals surface area contributed by atoms with Crippen LogP contribution in [0.15, 0.2) is 0 Å². The van der Waals surface area contributed by atoms with Crippen LogP contribution in [-0.2, 0) is 14.3 Å². The van der Waals surface area contributed by atoms with Gasteiger partial charge in [0.2, 0.25) is 0 Å². The third kappa shape index (κ3) is 2.81. The van der Waals surface area contributed by atoms with Gasteiger partial charge in [0.25, 0.3) is 5.91 Å². The van der Waals surface area contributed by atoms with Crippen molar-refractivity contribution in [1.29, 1.82) is 0 Å². The first-order valence-corrected chi connectivity index (χ1v) is 6.47. The summed E-state index contributed by atoms with van der Waals surface area (Å²) in [5, 5.41) is 8.94. The predicted octanol–water partition coefficient (Wildman–Crippen LogP) is -0.217. The van der Waals surface area contributed by atoms with Gasteiger partial charge in [0.15, 0.2) is 0 Å². The van der Waals surface area contributed by atoms with Crippen LogP contribution in [0.2, 0.25) is 0 Å². The van der Waals surface area contributed by atoms with Gasteiger partial charge in [-0.1, -0.05) is 0 Å². The average molecular weight is 256 g/mol. The number of hydrogen-bond donors (Lipinski definition) is 1. The number of carboxylic acids is 1. The maximum absolute atomic E-state index is 12.1. The van der Waals surface area contributed by atoms with Crippen LogP contribution >= 0.6 is 0 Å². The van der Waals surface area contributed by atoms with E-state index in [0.29, 0.717) is 32.8 Å². The van der Waals surface area contributed by atoms with Crippen molar-refractivity contribution in [2.24, 2.45) is 0 Å². The maximum Gasteiger partial charge on any atom is 0.320 e. The number of amides is 1. The van der Waals surface area contributed by atoms with E-state index >= 15 is 0 Å². The number of carbonyl (C=O) groups excluding carboxylic acids is 1. The Morgan fingerprint density at radius 3 is 2.44 bits per heavy atom. The Balaban J connectivity index is 1.82. The van der Waals surface area contributed by atoms with Crippen LogP contribution in [-0.4, -0.2) is 71.7 Å². The number of rotatable bonds is 3. The number of aliphatic carboxylic acids is 1. The molecule has 102 valence electrons. The van der Waals surface area contributed by atoms with E-state index in [0.717, 1.165) is 12.8 Å². The summed E-state index contributed by atoms with van der Waals surface area (Å²) in [5.74, 6) is -0.746. The SMILES string of the molecule is CC(C(=O)O)N1CCN(C(=O)[C@@H]2CCCO2)CC1. The molecular formula is C12H20N2O4. The normalized spacial score (nSPS) is 27.2. The van der Waals surface area contributed by atoms with Gasteiger partial charge in [-0.3, -0.25) is 14.5 Å². The molecule has 2 saturated heterocycles. The predicted molar refractivity (Wildman–Crippen MR) is 64.2 cm³/mol. The lowest BCUT2D eigenvalue weighted by Gasteiger charge is -2.37. The second-order valence-corrected chi connectivity index (χ2v) is 4.88. The molecule has 1 N–H and O–H groups in total. The molecular weight excluding hydrogens is 236 g/mol. The van der Waals surface area contributed by atoms with Crippen molar-refractivity contribution in [2.45, 2.75) is 31.9 Å². The van der Waals surface area contributed by atoms with Gasteiger partial charge in [0.05, 0.1) is 0 Å². The molecule has 2 aliphatic rings. The molecule has 0 aliphatic carbocycles. The first-order chi connectivity index (χ1) is 8.59. The fraction of sp³-hybridized carbons (Fsp3) is 0.833. The summed E-state index contributed by atoms with van der Waals surface area (Å²) in [7, 11) is 0. The number of hydrogen-bond acceptors (Lipinski definition) is 4. The number of carbonyl (C=O) groups is 2. The molecule has 6 nitrogen and oxygen atoms in total. The van der Waals surface area contributed by atoms with Crippen molar-refractivity contribution in [2.75, 3.05) is 32.8 Å². The highest BCUT2D eigenvalue weighted by atomic mass is 16.5. The minimum atomic E-state index is -0.811. The Labute approximate surface area is 106 Å². The molecule has 2 fully saturated rings. The molecule has 0 aromatic heterocycles. The monoisotopic (exact) mass is 256 g/mol. The lowest BCUT2D eigenvalue weighted by atomic mass is 10.2. The molecule has 2 aliphatic heterocycles. The number of nitrogens with zero attached hydrogens (tertiary/aromatic N) is 2. The zero-order chi connectivity index (χ0) is 13.1. The fourth-order valence-corrected chi connectivity index (χ4v) is 2.46. The van der Waals surface area contributed by atoms with Crippen molar-refractivity contribution in [3.8, 4) is 0 Å². The van der Waals surface area contributed by atoms with Gasteiger partial charge in [0.1, 0.15) is 12.1 Å². The summed E-state index contributed by atoms with van der Waals surface area (Å²) in [6, 6.07) is -0.481. The largest absolute Gasteiger partial charge is 0.480 e. The molecule has 2 atom stereocenters. The molecule has 1 unspecified atom stereocenters. The molecule has 0 radical (unpaired) electrons. The quantitative estimate of drug-likeness (QED) is 0.756. The molecule has 6 heteroatoms. The summed E-state index contributed by atoms with van der Waals surface area (Å²) < 4.78 is 5.38. The molecule has 1 amide bonds.